The maximum atomic E-state index is 11.7. The molecule has 0 bridgehead atoms. The lowest BCUT2D eigenvalue weighted by Crippen LogP contribution is -2.01. The summed E-state index contributed by atoms with van der Waals surface area (Å²) in [6, 6.07) is 17.5. The zero-order valence-electron chi connectivity index (χ0n) is 9.10. The third kappa shape index (κ3) is 3.11. The van der Waals surface area contributed by atoms with Gasteiger partial charge in [-0.05, 0) is 18.2 Å². The number of carbonyl (C=O) groups excluding carboxylic acids is 1. The molecule has 17 heavy (non-hydrogen) atoms. The van der Waals surface area contributed by atoms with Gasteiger partial charge in [0.05, 0.1) is 5.88 Å². The molecule has 1 nitrogen and oxygen atoms in total. The molecular formula is C14H11ClOS. The molecule has 3 heteroatoms. The van der Waals surface area contributed by atoms with Crippen molar-refractivity contribution in [2.45, 2.75) is 9.79 Å². The van der Waals surface area contributed by atoms with E-state index >= 15 is 0 Å². The van der Waals surface area contributed by atoms with Crippen LogP contribution in [0.4, 0.5) is 0 Å². The molecule has 2 aromatic carbocycles. The van der Waals surface area contributed by atoms with Crippen LogP contribution < -0.4 is 0 Å². The van der Waals surface area contributed by atoms with Crippen molar-refractivity contribution in [3.63, 3.8) is 0 Å². The van der Waals surface area contributed by atoms with Crippen LogP contribution in [-0.4, -0.2) is 11.7 Å². The fourth-order valence-corrected chi connectivity index (χ4v) is 2.60. The molecule has 2 rings (SSSR count). The molecule has 0 atom stereocenters. The van der Waals surface area contributed by atoms with Crippen LogP contribution in [0.15, 0.2) is 64.4 Å². The Kier molecular flexibility index (Phi) is 4.24. The Morgan fingerprint density at radius 1 is 1.00 bits per heavy atom. The highest BCUT2D eigenvalue weighted by atomic mass is 35.5. The van der Waals surface area contributed by atoms with Crippen LogP contribution in [-0.2, 0) is 0 Å². The molecule has 0 saturated heterocycles. The second-order valence-electron chi connectivity index (χ2n) is 3.47. The Morgan fingerprint density at radius 2 is 1.65 bits per heavy atom. The van der Waals surface area contributed by atoms with E-state index < -0.39 is 0 Å². The maximum Gasteiger partial charge on any atom is 0.178 e. The quantitative estimate of drug-likeness (QED) is 0.605. The van der Waals surface area contributed by atoms with Gasteiger partial charge in [0.25, 0.3) is 0 Å². The molecule has 0 spiro atoms. The summed E-state index contributed by atoms with van der Waals surface area (Å²) in [6.45, 7) is 0. The summed E-state index contributed by atoms with van der Waals surface area (Å²) in [5.74, 6) is -0.0162. The molecule has 0 unspecified atom stereocenters. The minimum Gasteiger partial charge on any atom is -0.293 e. The van der Waals surface area contributed by atoms with Crippen LogP contribution in [0.1, 0.15) is 10.4 Å². The summed E-state index contributed by atoms with van der Waals surface area (Å²) >= 11 is 7.18. The SMILES string of the molecule is O=C(CCl)c1ccccc1Sc1ccccc1. The average molecular weight is 263 g/mol. The van der Waals surface area contributed by atoms with Gasteiger partial charge in [0, 0.05) is 15.4 Å². The second kappa shape index (κ2) is 5.89. The van der Waals surface area contributed by atoms with E-state index in [9.17, 15) is 4.79 Å². The molecule has 2 aromatic rings. The van der Waals surface area contributed by atoms with Crippen molar-refractivity contribution < 1.29 is 4.79 Å². The predicted octanol–water partition coefficient (Wildman–Crippen LogP) is 4.26. The summed E-state index contributed by atoms with van der Waals surface area (Å²) in [5, 5.41) is 0. The van der Waals surface area contributed by atoms with Gasteiger partial charge >= 0.3 is 0 Å². The highest BCUT2D eigenvalue weighted by Crippen LogP contribution is 2.30. The maximum absolute atomic E-state index is 11.7. The molecule has 0 amide bonds. The summed E-state index contributed by atoms with van der Waals surface area (Å²) in [5.41, 5.74) is 0.691. The van der Waals surface area contributed by atoms with E-state index in [0.29, 0.717) is 5.56 Å². The van der Waals surface area contributed by atoms with Crippen molar-refractivity contribution in [2.75, 3.05) is 5.88 Å². The van der Waals surface area contributed by atoms with Crippen LogP contribution in [0.2, 0.25) is 0 Å². The molecular weight excluding hydrogens is 252 g/mol. The van der Waals surface area contributed by atoms with Crippen molar-refractivity contribution in [3.8, 4) is 0 Å². The largest absolute Gasteiger partial charge is 0.293 e. The molecule has 0 aliphatic heterocycles. The third-order valence-corrected chi connectivity index (χ3v) is 3.61. The third-order valence-electron chi connectivity index (χ3n) is 2.28. The van der Waals surface area contributed by atoms with E-state index in [0.717, 1.165) is 9.79 Å². The van der Waals surface area contributed by atoms with E-state index in [1.807, 2.05) is 54.6 Å². The highest BCUT2D eigenvalue weighted by molar-refractivity contribution is 7.99. The first kappa shape index (κ1) is 12.2. The van der Waals surface area contributed by atoms with Crippen molar-refractivity contribution in [1.29, 1.82) is 0 Å². The average Bonchev–Trinajstić information content (AvgIpc) is 2.40. The monoisotopic (exact) mass is 262 g/mol. The van der Waals surface area contributed by atoms with Crippen LogP contribution in [0.3, 0.4) is 0 Å². The summed E-state index contributed by atoms with van der Waals surface area (Å²) in [7, 11) is 0. The van der Waals surface area contributed by atoms with Crippen LogP contribution in [0.5, 0.6) is 0 Å². The number of ketones is 1. The summed E-state index contributed by atoms with van der Waals surface area (Å²) in [6.07, 6.45) is 0. The van der Waals surface area contributed by atoms with Crippen LogP contribution >= 0.6 is 23.4 Å². The smallest absolute Gasteiger partial charge is 0.178 e. The van der Waals surface area contributed by atoms with Gasteiger partial charge in [-0.15, -0.1) is 11.6 Å². The van der Waals surface area contributed by atoms with E-state index in [1.54, 1.807) is 11.8 Å². The normalized spacial score (nSPS) is 10.2. The number of Topliss-reactive ketones (excluding diaryl/α,β-unsaturated/α-hetero) is 1. The number of hydrogen-bond donors (Lipinski definition) is 0. The molecule has 0 heterocycles. The lowest BCUT2D eigenvalue weighted by atomic mass is 10.1. The summed E-state index contributed by atoms with van der Waals surface area (Å²) in [4.78, 5) is 13.7. The molecule has 0 aliphatic carbocycles. The zero-order valence-corrected chi connectivity index (χ0v) is 10.7. The Bertz CT molecular complexity index is 511. The Hall–Kier alpha value is -1.25. The van der Waals surface area contributed by atoms with Gasteiger partial charge in [-0.2, -0.15) is 0 Å². The number of halogens is 1. The molecule has 0 N–H and O–H groups in total. The molecule has 0 radical (unpaired) electrons. The second-order valence-corrected chi connectivity index (χ2v) is 4.85. The van der Waals surface area contributed by atoms with Crippen molar-refractivity contribution in [2.24, 2.45) is 0 Å². The zero-order chi connectivity index (χ0) is 12.1. The fraction of sp³-hybridized carbons (Fsp3) is 0.0714. The standard InChI is InChI=1S/C14H11ClOS/c15-10-13(16)12-8-4-5-9-14(12)17-11-6-2-1-3-7-11/h1-9H,10H2. The highest BCUT2D eigenvalue weighted by Gasteiger charge is 2.10. The number of hydrogen-bond acceptors (Lipinski definition) is 2. The van der Waals surface area contributed by atoms with Gasteiger partial charge in [-0.3, -0.25) is 4.79 Å². The van der Waals surface area contributed by atoms with Gasteiger partial charge in [0.1, 0.15) is 0 Å². The van der Waals surface area contributed by atoms with Gasteiger partial charge in [-0.25, -0.2) is 0 Å². The molecule has 86 valence electrons. The minimum atomic E-state index is -0.0364. The van der Waals surface area contributed by atoms with Crippen LogP contribution in [0.25, 0.3) is 0 Å². The molecule has 0 fully saturated rings. The van der Waals surface area contributed by atoms with E-state index in [-0.39, 0.29) is 11.7 Å². The number of benzene rings is 2. The van der Waals surface area contributed by atoms with E-state index in [1.165, 1.54) is 0 Å². The van der Waals surface area contributed by atoms with Crippen LogP contribution in [0, 0.1) is 0 Å². The van der Waals surface area contributed by atoms with E-state index in [4.69, 9.17) is 11.6 Å². The Morgan fingerprint density at radius 3 is 2.35 bits per heavy atom. The van der Waals surface area contributed by atoms with Gasteiger partial charge in [-0.1, -0.05) is 48.2 Å². The minimum absolute atomic E-state index is 0.0202. The van der Waals surface area contributed by atoms with Gasteiger partial charge < -0.3 is 0 Å². The fourth-order valence-electron chi connectivity index (χ4n) is 1.47. The topological polar surface area (TPSA) is 17.1 Å². The molecule has 0 aliphatic rings. The predicted molar refractivity (Wildman–Crippen MR) is 72.1 cm³/mol. The molecule has 0 aromatic heterocycles. The first-order valence-corrected chi connectivity index (χ1v) is 6.57. The lowest BCUT2D eigenvalue weighted by Gasteiger charge is -2.06. The Labute approximate surface area is 110 Å². The summed E-state index contributed by atoms with van der Waals surface area (Å²) < 4.78 is 0. The molecule has 0 saturated carbocycles. The number of carbonyl (C=O) groups is 1. The van der Waals surface area contributed by atoms with Gasteiger partial charge in [0.15, 0.2) is 5.78 Å². The van der Waals surface area contributed by atoms with E-state index in [2.05, 4.69) is 0 Å². The van der Waals surface area contributed by atoms with Crippen molar-refractivity contribution in [1.82, 2.24) is 0 Å². The number of alkyl halides is 1. The first-order chi connectivity index (χ1) is 8.31. The van der Waals surface area contributed by atoms with Gasteiger partial charge in [0.2, 0.25) is 0 Å². The van der Waals surface area contributed by atoms with Crippen molar-refractivity contribution >= 4 is 29.1 Å². The first-order valence-electron chi connectivity index (χ1n) is 5.22. The van der Waals surface area contributed by atoms with Crippen molar-refractivity contribution in [3.05, 3.63) is 60.2 Å². The number of rotatable bonds is 4. The lowest BCUT2D eigenvalue weighted by molar-refractivity contribution is 0.101. The Balaban J connectivity index is 2.30.